The summed E-state index contributed by atoms with van der Waals surface area (Å²) < 4.78 is 29.7. The normalized spacial score (nSPS) is 22.7. The molecule has 2 N–H and O–H groups in total. The number of amides is 2. The number of thioether (sulfide) groups is 1. The van der Waals surface area contributed by atoms with Gasteiger partial charge in [-0.1, -0.05) is 30.0 Å². The maximum absolute atomic E-state index is 12.9. The first kappa shape index (κ1) is 24.3. The Kier molecular flexibility index (Phi) is 6.97. The molecule has 2 aromatic heterocycles. The van der Waals surface area contributed by atoms with Crippen LogP contribution in [0.15, 0.2) is 58.1 Å². The Labute approximate surface area is 212 Å². The summed E-state index contributed by atoms with van der Waals surface area (Å²) in [4.78, 5) is 36.3. The fourth-order valence-corrected chi connectivity index (χ4v) is 6.35. The predicted molar refractivity (Wildman–Crippen MR) is 137 cm³/mol. The number of hydrogen-bond donors (Lipinski definition) is 2. The average Bonchev–Trinajstić information content (AvgIpc) is 3.19. The van der Waals surface area contributed by atoms with E-state index in [-0.39, 0.29) is 28.0 Å². The number of nitrogens with zero attached hydrogens (tertiary/aromatic N) is 4. The van der Waals surface area contributed by atoms with Gasteiger partial charge in [-0.05, 0) is 49.8 Å². The van der Waals surface area contributed by atoms with Gasteiger partial charge in [-0.25, -0.2) is 9.97 Å². The molecule has 1 aromatic carbocycles. The zero-order chi connectivity index (χ0) is 25.1. The van der Waals surface area contributed by atoms with Crippen LogP contribution in [-0.2, 0) is 21.2 Å². The van der Waals surface area contributed by atoms with Crippen molar-refractivity contribution in [1.82, 2.24) is 20.3 Å². The highest BCUT2D eigenvalue weighted by molar-refractivity contribution is 8.15. The first-order valence-electron chi connectivity index (χ1n) is 11.6. The molecule has 2 aliphatic rings. The number of rotatable bonds is 7. The van der Waals surface area contributed by atoms with Crippen LogP contribution in [0.25, 0.3) is 10.9 Å². The summed E-state index contributed by atoms with van der Waals surface area (Å²) in [6.45, 7) is 0. The Hall–Kier alpha value is -3.38. The molecular weight excluding hydrogens is 500 g/mol. The second kappa shape index (κ2) is 10.3. The van der Waals surface area contributed by atoms with E-state index in [9.17, 15) is 18.0 Å². The number of anilines is 1. The first-order valence-corrected chi connectivity index (χ1v) is 13.9. The summed E-state index contributed by atoms with van der Waals surface area (Å²) in [6.07, 6.45) is 8.31. The lowest BCUT2D eigenvalue weighted by atomic mass is 9.87. The summed E-state index contributed by atoms with van der Waals surface area (Å²) in [7, 11) is -3.85. The molecule has 1 unspecified atom stereocenters. The molecule has 1 aliphatic carbocycles. The van der Waals surface area contributed by atoms with Crippen molar-refractivity contribution in [2.45, 2.75) is 48.3 Å². The zero-order valence-corrected chi connectivity index (χ0v) is 20.8. The first-order chi connectivity index (χ1) is 17.4. The van der Waals surface area contributed by atoms with E-state index >= 15 is 0 Å². The summed E-state index contributed by atoms with van der Waals surface area (Å²) in [5, 5.41) is 5.57. The van der Waals surface area contributed by atoms with Crippen LogP contribution in [0.4, 0.5) is 10.7 Å². The second-order valence-corrected chi connectivity index (χ2v) is 11.6. The van der Waals surface area contributed by atoms with Crippen LogP contribution in [0.3, 0.4) is 0 Å². The standard InChI is InChI=1S/C24H24N6O4S2/c31-22-19(35-24(32)30-22)13-18-10-12-26-23(29-18)28-17-8-6-15(7-9-17)14-27-36(33,34)20-5-1-3-16-4-2-11-25-21(16)20/h1-5,10-12,14-15,17,19H,6-9,13H2,(H,26,28,29)(H,30,31,32). The monoisotopic (exact) mass is 524 g/mol. The number of sulfonamides is 1. The van der Waals surface area contributed by atoms with Gasteiger partial charge in [-0.15, -0.1) is 0 Å². The molecule has 10 nitrogen and oxygen atoms in total. The van der Waals surface area contributed by atoms with Crippen LogP contribution in [-0.4, -0.2) is 52.0 Å². The minimum atomic E-state index is -3.85. The average molecular weight is 525 g/mol. The molecule has 3 aromatic rings. The third kappa shape index (κ3) is 5.54. The molecule has 1 saturated carbocycles. The fraction of sp³-hybridized carbons (Fsp3) is 0.333. The van der Waals surface area contributed by atoms with Crippen molar-refractivity contribution in [2.75, 3.05) is 5.32 Å². The molecule has 3 heterocycles. The molecule has 2 amide bonds. The quantitative estimate of drug-likeness (QED) is 0.445. The number of hydrogen-bond acceptors (Lipinski definition) is 9. The van der Waals surface area contributed by atoms with Crippen molar-refractivity contribution in [3.8, 4) is 0 Å². The van der Waals surface area contributed by atoms with Gasteiger partial charge in [-0.2, -0.15) is 12.8 Å². The van der Waals surface area contributed by atoms with Gasteiger partial charge in [0.1, 0.15) is 4.90 Å². The zero-order valence-electron chi connectivity index (χ0n) is 19.2. The molecule has 12 heteroatoms. The van der Waals surface area contributed by atoms with Crippen molar-refractivity contribution in [1.29, 1.82) is 0 Å². The minimum absolute atomic E-state index is 0.0588. The third-order valence-electron chi connectivity index (χ3n) is 6.26. The van der Waals surface area contributed by atoms with Gasteiger partial charge in [0.05, 0.1) is 10.8 Å². The predicted octanol–water partition coefficient (Wildman–Crippen LogP) is 3.35. The van der Waals surface area contributed by atoms with Crippen LogP contribution in [0, 0.1) is 5.92 Å². The van der Waals surface area contributed by atoms with Crippen molar-refractivity contribution in [2.24, 2.45) is 10.3 Å². The number of pyridine rings is 1. The van der Waals surface area contributed by atoms with Gasteiger partial charge in [0, 0.05) is 42.2 Å². The van der Waals surface area contributed by atoms with E-state index in [4.69, 9.17) is 0 Å². The SMILES string of the molecule is O=C1NC(=O)C(Cc2ccnc(NC3CCC(C=NS(=O)(=O)c4cccc5cccnc45)CC3)n2)S1. The van der Waals surface area contributed by atoms with Crippen molar-refractivity contribution < 1.29 is 18.0 Å². The minimum Gasteiger partial charge on any atom is -0.351 e. The van der Waals surface area contributed by atoms with Crippen LogP contribution < -0.4 is 10.6 Å². The molecular formula is C24H24N6O4S2. The Balaban J connectivity index is 1.17. The van der Waals surface area contributed by atoms with Crippen LogP contribution >= 0.6 is 11.8 Å². The number of para-hydroxylation sites is 1. The number of carbonyl (C=O) groups excluding carboxylic acids is 2. The molecule has 2 fully saturated rings. The largest absolute Gasteiger partial charge is 0.351 e. The van der Waals surface area contributed by atoms with Crippen molar-refractivity contribution in [3.63, 3.8) is 0 Å². The molecule has 0 bridgehead atoms. The number of nitrogens with one attached hydrogen (secondary N) is 2. The number of carbonyl (C=O) groups is 2. The van der Waals surface area contributed by atoms with Crippen LogP contribution in [0.1, 0.15) is 31.4 Å². The lowest BCUT2D eigenvalue weighted by molar-refractivity contribution is -0.118. The van der Waals surface area contributed by atoms with E-state index in [1.165, 1.54) is 6.07 Å². The van der Waals surface area contributed by atoms with Gasteiger partial charge in [-0.3, -0.25) is 19.9 Å². The number of benzene rings is 1. The number of imide groups is 1. The lowest BCUT2D eigenvalue weighted by Gasteiger charge is -2.27. The Morgan fingerprint density at radius 3 is 2.64 bits per heavy atom. The van der Waals surface area contributed by atoms with E-state index in [0.29, 0.717) is 23.6 Å². The van der Waals surface area contributed by atoms with Crippen LogP contribution in [0.5, 0.6) is 0 Å². The summed E-state index contributed by atoms with van der Waals surface area (Å²) in [6, 6.07) is 10.5. The van der Waals surface area contributed by atoms with Gasteiger partial charge in [0.25, 0.3) is 15.3 Å². The lowest BCUT2D eigenvalue weighted by Crippen LogP contribution is -2.28. The maximum atomic E-state index is 12.9. The van der Waals surface area contributed by atoms with Gasteiger partial charge in [0.15, 0.2) is 0 Å². The number of aromatic nitrogens is 3. The van der Waals surface area contributed by atoms with Crippen molar-refractivity contribution >= 4 is 56.0 Å². The molecule has 5 rings (SSSR count). The van der Waals surface area contributed by atoms with Crippen molar-refractivity contribution in [3.05, 3.63) is 54.5 Å². The highest BCUT2D eigenvalue weighted by Crippen LogP contribution is 2.27. The Morgan fingerprint density at radius 2 is 1.86 bits per heavy atom. The summed E-state index contributed by atoms with van der Waals surface area (Å²) >= 11 is 0.976. The fourth-order valence-electron chi connectivity index (χ4n) is 4.40. The second-order valence-electron chi connectivity index (χ2n) is 8.78. The highest BCUT2D eigenvalue weighted by Gasteiger charge is 2.32. The van der Waals surface area contributed by atoms with Gasteiger partial charge < -0.3 is 5.32 Å². The van der Waals surface area contributed by atoms with Gasteiger partial charge in [0.2, 0.25) is 11.9 Å². The molecule has 1 saturated heterocycles. The van der Waals surface area contributed by atoms with E-state index < -0.39 is 15.3 Å². The van der Waals surface area contributed by atoms with Gasteiger partial charge >= 0.3 is 0 Å². The molecule has 1 atom stereocenters. The molecule has 186 valence electrons. The third-order valence-corrected chi connectivity index (χ3v) is 8.53. The maximum Gasteiger partial charge on any atom is 0.286 e. The highest BCUT2D eigenvalue weighted by atomic mass is 32.2. The molecule has 0 radical (unpaired) electrons. The Morgan fingerprint density at radius 1 is 1.06 bits per heavy atom. The molecule has 36 heavy (non-hydrogen) atoms. The molecule has 0 spiro atoms. The Bertz CT molecular complexity index is 1430. The summed E-state index contributed by atoms with van der Waals surface area (Å²) in [5.41, 5.74) is 1.11. The topological polar surface area (TPSA) is 143 Å². The smallest absolute Gasteiger partial charge is 0.286 e. The summed E-state index contributed by atoms with van der Waals surface area (Å²) in [5.74, 6) is 0.241. The van der Waals surface area contributed by atoms with E-state index in [2.05, 4.69) is 30.0 Å². The molecule has 1 aliphatic heterocycles. The van der Waals surface area contributed by atoms with E-state index in [1.54, 1.807) is 36.8 Å². The number of fused-ring (bicyclic) bond motifs is 1. The van der Waals surface area contributed by atoms with E-state index in [0.717, 1.165) is 42.8 Å². The van der Waals surface area contributed by atoms with Crippen LogP contribution in [0.2, 0.25) is 0 Å². The van der Waals surface area contributed by atoms with E-state index in [1.807, 2.05) is 12.1 Å².